The molecule has 0 amide bonds. The highest BCUT2D eigenvalue weighted by molar-refractivity contribution is 7.80. The molecule has 0 spiro atoms. The molecule has 0 aromatic heterocycles. The lowest BCUT2D eigenvalue weighted by Crippen LogP contribution is -2.42. The molecule has 2 aromatic carbocycles. The summed E-state index contributed by atoms with van der Waals surface area (Å²) in [6, 6.07) is 11.4. The van der Waals surface area contributed by atoms with E-state index in [9.17, 15) is 0 Å². The maximum atomic E-state index is 6.13. The van der Waals surface area contributed by atoms with E-state index in [1.54, 1.807) is 21.3 Å². The monoisotopic (exact) mass is 402 g/mol. The Morgan fingerprint density at radius 1 is 1.04 bits per heavy atom. The molecule has 2 aromatic rings. The van der Waals surface area contributed by atoms with Gasteiger partial charge in [-0.15, -0.1) is 0 Å². The van der Waals surface area contributed by atoms with Crippen molar-refractivity contribution in [3.05, 3.63) is 42.0 Å². The normalized spacial score (nSPS) is 17.0. The van der Waals surface area contributed by atoms with E-state index in [0.717, 1.165) is 29.2 Å². The Morgan fingerprint density at radius 2 is 1.79 bits per heavy atom. The van der Waals surface area contributed by atoms with Crippen LogP contribution in [0.1, 0.15) is 31.9 Å². The van der Waals surface area contributed by atoms with Gasteiger partial charge in [0.15, 0.2) is 16.6 Å². The number of nitrogens with one attached hydrogen (secondary N) is 2. The summed E-state index contributed by atoms with van der Waals surface area (Å²) < 4.78 is 22.1. The van der Waals surface area contributed by atoms with Gasteiger partial charge in [-0.05, 0) is 50.3 Å². The number of methoxy groups -OCH3 is 3. The van der Waals surface area contributed by atoms with Crippen LogP contribution in [-0.2, 0) is 0 Å². The summed E-state index contributed by atoms with van der Waals surface area (Å²) in [5.41, 5.74) is 1.55. The van der Waals surface area contributed by atoms with Crippen molar-refractivity contribution in [1.29, 1.82) is 0 Å². The maximum absolute atomic E-state index is 6.13. The molecule has 1 heterocycles. The summed E-state index contributed by atoms with van der Waals surface area (Å²) in [6.45, 7) is 4.13. The Bertz CT molecular complexity index is 869. The van der Waals surface area contributed by atoms with Crippen molar-refractivity contribution in [1.82, 2.24) is 5.32 Å². The molecule has 0 aliphatic carbocycles. The van der Waals surface area contributed by atoms with Crippen molar-refractivity contribution >= 4 is 23.0 Å². The number of thiocarbonyl (C=S) groups is 1. The predicted molar refractivity (Wildman–Crippen MR) is 114 cm³/mol. The standard InChI is InChI=1S/C21H26N2O4S/c1-21(2)12-16(15-8-7-14(24-3)11-18(15)27-21)23-20(28)22-13-6-9-17(25-4)19(10-13)26-5/h6-11,16H,12H2,1-5H3,(H2,22,23,28)/t16-/m1/s1. The minimum Gasteiger partial charge on any atom is -0.497 e. The van der Waals surface area contributed by atoms with Gasteiger partial charge in [0, 0.05) is 29.8 Å². The predicted octanol–water partition coefficient (Wildman–Crippen LogP) is 4.30. The summed E-state index contributed by atoms with van der Waals surface area (Å²) in [4.78, 5) is 0. The zero-order chi connectivity index (χ0) is 20.3. The Morgan fingerprint density at radius 3 is 2.46 bits per heavy atom. The number of hydrogen-bond acceptors (Lipinski definition) is 5. The molecule has 0 unspecified atom stereocenters. The van der Waals surface area contributed by atoms with E-state index >= 15 is 0 Å². The lowest BCUT2D eigenvalue weighted by atomic mass is 9.89. The van der Waals surface area contributed by atoms with Crippen LogP contribution >= 0.6 is 12.2 Å². The molecule has 3 rings (SSSR count). The van der Waals surface area contributed by atoms with Gasteiger partial charge in [0.05, 0.1) is 27.4 Å². The van der Waals surface area contributed by atoms with Crippen LogP contribution in [0.3, 0.4) is 0 Å². The molecule has 0 bridgehead atoms. The van der Waals surface area contributed by atoms with Crippen LogP contribution in [0.15, 0.2) is 36.4 Å². The Hall–Kier alpha value is -2.67. The minimum absolute atomic E-state index is 0.0183. The molecule has 1 aliphatic heterocycles. The highest BCUT2D eigenvalue weighted by atomic mass is 32.1. The zero-order valence-electron chi connectivity index (χ0n) is 16.8. The van der Waals surface area contributed by atoms with Crippen molar-refractivity contribution in [2.45, 2.75) is 31.9 Å². The molecule has 0 saturated heterocycles. The first-order valence-electron chi connectivity index (χ1n) is 9.01. The summed E-state index contributed by atoms with van der Waals surface area (Å²) in [6.07, 6.45) is 0.778. The highest BCUT2D eigenvalue weighted by Gasteiger charge is 2.34. The van der Waals surface area contributed by atoms with E-state index in [1.165, 1.54) is 0 Å². The lowest BCUT2D eigenvalue weighted by molar-refractivity contribution is 0.0693. The van der Waals surface area contributed by atoms with Gasteiger partial charge in [0.2, 0.25) is 0 Å². The van der Waals surface area contributed by atoms with Crippen molar-refractivity contribution in [3.63, 3.8) is 0 Å². The summed E-state index contributed by atoms with van der Waals surface area (Å²) >= 11 is 5.55. The van der Waals surface area contributed by atoms with Crippen molar-refractivity contribution in [3.8, 4) is 23.0 Å². The van der Waals surface area contributed by atoms with Crippen LogP contribution in [0, 0.1) is 0 Å². The molecule has 2 N–H and O–H groups in total. The molecule has 0 radical (unpaired) electrons. The van der Waals surface area contributed by atoms with E-state index in [2.05, 4.69) is 24.5 Å². The quantitative estimate of drug-likeness (QED) is 0.723. The molecule has 6 nitrogen and oxygen atoms in total. The fourth-order valence-electron chi connectivity index (χ4n) is 3.33. The molecule has 7 heteroatoms. The van der Waals surface area contributed by atoms with Gasteiger partial charge in [-0.25, -0.2) is 0 Å². The van der Waals surface area contributed by atoms with Crippen LogP contribution in [0.5, 0.6) is 23.0 Å². The first kappa shape index (κ1) is 20.1. The second-order valence-electron chi connectivity index (χ2n) is 7.19. The molecule has 1 aliphatic rings. The summed E-state index contributed by atoms with van der Waals surface area (Å²) in [5.74, 6) is 2.88. The molecular weight excluding hydrogens is 376 g/mol. The van der Waals surface area contributed by atoms with Gasteiger partial charge in [-0.3, -0.25) is 0 Å². The Kier molecular flexibility index (Phi) is 5.84. The van der Waals surface area contributed by atoms with Gasteiger partial charge in [0.1, 0.15) is 17.1 Å². The van der Waals surface area contributed by atoms with Crippen LogP contribution in [0.25, 0.3) is 0 Å². The topological polar surface area (TPSA) is 61.0 Å². The minimum atomic E-state index is -0.323. The third kappa shape index (κ3) is 4.42. The zero-order valence-corrected chi connectivity index (χ0v) is 17.6. The molecule has 1 atom stereocenters. The molecule has 150 valence electrons. The average molecular weight is 403 g/mol. The fourth-order valence-corrected chi connectivity index (χ4v) is 3.59. The Labute approximate surface area is 171 Å². The van der Waals surface area contributed by atoms with Gasteiger partial charge >= 0.3 is 0 Å². The van der Waals surface area contributed by atoms with Crippen LogP contribution < -0.4 is 29.6 Å². The maximum Gasteiger partial charge on any atom is 0.171 e. The molecular formula is C21H26N2O4S. The Balaban J connectivity index is 1.77. The molecule has 0 fully saturated rings. The summed E-state index contributed by atoms with van der Waals surface area (Å²) in [7, 11) is 4.86. The van der Waals surface area contributed by atoms with Crippen molar-refractivity contribution in [2.24, 2.45) is 0 Å². The second kappa shape index (κ2) is 8.14. The smallest absolute Gasteiger partial charge is 0.171 e. The number of anilines is 1. The summed E-state index contributed by atoms with van der Waals surface area (Å²) in [5, 5.41) is 7.15. The van der Waals surface area contributed by atoms with Crippen LogP contribution in [0.4, 0.5) is 5.69 Å². The van der Waals surface area contributed by atoms with E-state index in [0.29, 0.717) is 16.6 Å². The fraction of sp³-hybridized carbons (Fsp3) is 0.381. The number of hydrogen-bond donors (Lipinski definition) is 2. The van der Waals surface area contributed by atoms with Gasteiger partial charge < -0.3 is 29.6 Å². The van der Waals surface area contributed by atoms with E-state index in [-0.39, 0.29) is 11.6 Å². The third-order valence-electron chi connectivity index (χ3n) is 4.62. The van der Waals surface area contributed by atoms with Crippen LogP contribution in [-0.4, -0.2) is 32.0 Å². The van der Waals surface area contributed by atoms with E-state index in [4.69, 9.17) is 31.2 Å². The lowest BCUT2D eigenvalue weighted by Gasteiger charge is -2.38. The number of benzene rings is 2. The molecule has 28 heavy (non-hydrogen) atoms. The number of fused-ring (bicyclic) bond motifs is 1. The third-order valence-corrected chi connectivity index (χ3v) is 4.84. The van der Waals surface area contributed by atoms with Gasteiger partial charge in [-0.2, -0.15) is 0 Å². The SMILES string of the molecule is COc1ccc2c(c1)OC(C)(C)C[C@H]2NC(=S)Nc1ccc(OC)c(OC)c1. The van der Waals surface area contributed by atoms with E-state index < -0.39 is 0 Å². The average Bonchev–Trinajstić information content (AvgIpc) is 2.66. The number of rotatable bonds is 5. The van der Waals surface area contributed by atoms with E-state index in [1.807, 2.05) is 36.4 Å². The first-order chi connectivity index (χ1) is 13.3. The van der Waals surface area contributed by atoms with Crippen LogP contribution in [0.2, 0.25) is 0 Å². The highest BCUT2D eigenvalue weighted by Crippen LogP contribution is 2.41. The van der Waals surface area contributed by atoms with Gasteiger partial charge in [-0.1, -0.05) is 0 Å². The molecule has 0 saturated carbocycles. The van der Waals surface area contributed by atoms with Gasteiger partial charge in [0.25, 0.3) is 0 Å². The van der Waals surface area contributed by atoms with Crippen molar-refractivity contribution in [2.75, 3.05) is 26.6 Å². The number of ether oxygens (including phenoxy) is 4. The first-order valence-corrected chi connectivity index (χ1v) is 9.42. The largest absolute Gasteiger partial charge is 0.497 e. The second-order valence-corrected chi connectivity index (χ2v) is 7.60. The van der Waals surface area contributed by atoms with Crippen molar-refractivity contribution < 1.29 is 18.9 Å².